The van der Waals surface area contributed by atoms with E-state index >= 15 is 0 Å². The highest BCUT2D eigenvalue weighted by molar-refractivity contribution is 5.46. The van der Waals surface area contributed by atoms with Crippen LogP contribution in [0.25, 0.3) is 0 Å². The van der Waals surface area contributed by atoms with Gasteiger partial charge in [-0.15, -0.1) is 0 Å². The fraction of sp³-hybridized carbons (Fsp3) is 0.400. The van der Waals surface area contributed by atoms with Crippen molar-refractivity contribution in [1.29, 1.82) is 0 Å². The topological polar surface area (TPSA) is 27.9 Å². The van der Waals surface area contributed by atoms with Crippen molar-refractivity contribution in [2.45, 2.75) is 25.8 Å². The molecule has 0 atom stereocenters. The Hall–Kier alpha value is -2.07. The number of aromatic hydroxyl groups is 1. The minimum absolute atomic E-state index is 0.185. The van der Waals surface area contributed by atoms with Crippen molar-refractivity contribution in [3.63, 3.8) is 0 Å². The molecule has 0 bridgehead atoms. The van der Waals surface area contributed by atoms with Gasteiger partial charge >= 0.3 is 0 Å². The van der Waals surface area contributed by atoms with Crippen molar-refractivity contribution in [3.05, 3.63) is 58.9 Å². The van der Waals surface area contributed by atoms with Gasteiger partial charge in [0.05, 0.1) is 26.2 Å². The zero-order valence-electron chi connectivity index (χ0n) is 13.9. The third-order valence-electron chi connectivity index (χ3n) is 5.40. The Morgan fingerprint density at radius 1 is 1.00 bits per heavy atom. The van der Waals surface area contributed by atoms with Crippen LogP contribution in [0.2, 0.25) is 0 Å². The highest BCUT2D eigenvalue weighted by atomic mass is 19.1. The molecule has 0 radical (unpaired) electrons. The van der Waals surface area contributed by atoms with E-state index < -0.39 is 0 Å². The lowest BCUT2D eigenvalue weighted by atomic mass is 10.0. The summed E-state index contributed by atoms with van der Waals surface area (Å²) in [5.74, 6) is 0.277. The first-order valence-electron chi connectivity index (χ1n) is 8.87. The average molecular weight is 327 g/mol. The van der Waals surface area contributed by atoms with Crippen LogP contribution in [0.15, 0.2) is 36.4 Å². The van der Waals surface area contributed by atoms with Gasteiger partial charge in [-0.05, 0) is 66.8 Å². The molecule has 1 heterocycles. The summed E-state index contributed by atoms with van der Waals surface area (Å²) in [5, 5.41) is 10.3. The molecule has 2 aromatic carbocycles. The predicted octanol–water partition coefficient (Wildman–Crippen LogP) is 1.93. The van der Waals surface area contributed by atoms with Gasteiger partial charge in [0.1, 0.15) is 18.1 Å². The molecular formula is C20H24FN2O+. The number of nitrogens with one attached hydrogen (secondary N) is 1. The normalized spacial score (nSPS) is 18.0. The lowest BCUT2D eigenvalue weighted by Crippen LogP contribution is -3.13. The number of anilines is 1. The lowest BCUT2D eigenvalue weighted by Gasteiger charge is -2.33. The van der Waals surface area contributed by atoms with Crippen molar-refractivity contribution in [2.75, 3.05) is 31.1 Å². The number of nitrogens with zero attached hydrogens (tertiary/aromatic N) is 1. The van der Waals surface area contributed by atoms with Crippen LogP contribution in [0.5, 0.6) is 5.75 Å². The summed E-state index contributed by atoms with van der Waals surface area (Å²) in [4.78, 5) is 3.81. The van der Waals surface area contributed by atoms with E-state index in [-0.39, 0.29) is 5.82 Å². The fourth-order valence-corrected chi connectivity index (χ4v) is 3.98. The van der Waals surface area contributed by atoms with Crippen molar-refractivity contribution in [2.24, 2.45) is 0 Å². The highest BCUT2D eigenvalue weighted by Gasteiger charge is 2.22. The van der Waals surface area contributed by atoms with Crippen molar-refractivity contribution in [1.82, 2.24) is 0 Å². The van der Waals surface area contributed by atoms with Gasteiger partial charge in [0, 0.05) is 11.3 Å². The maximum Gasteiger partial charge on any atom is 0.124 e. The van der Waals surface area contributed by atoms with Gasteiger partial charge in [0.15, 0.2) is 0 Å². The molecule has 1 aliphatic carbocycles. The Bertz CT molecular complexity index is 721. The molecule has 3 nitrogen and oxygen atoms in total. The van der Waals surface area contributed by atoms with Crippen LogP contribution in [0.1, 0.15) is 23.1 Å². The molecule has 4 rings (SSSR count). The van der Waals surface area contributed by atoms with Crippen LogP contribution in [-0.4, -0.2) is 31.3 Å². The third kappa shape index (κ3) is 3.11. The second kappa shape index (κ2) is 6.44. The standard InChI is InChI=1S/C20H23FN2O/c21-18-4-6-19(7-5-18)23-10-8-22(9-11-23)14-17-12-15-2-1-3-16(15)13-20(17)24/h4-7,12-13,24H,1-3,8-11,14H2/p+1. The van der Waals surface area contributed by atoms with E-state index in [9.17, 15) is 9.50 Å². The van der Waals surface area contributed by atoms with E-state index in [1.807, 2.05) is 18.2 Å². The Morgan fingerprint density at radius 3 is 2.38 bits per heavy atom. The molecule has 1 saturated heterocycles. The number of hydrogen-bond donors (Lipinski definition) is 2. The number of phenols is 1. The molecule has 1 aliphatic heterocycles. The first-order valence-corrected chi connectivity index (χ1v) is 8.87. The van der Waals surface area contributed by atoms with Gasteiger partial charge in [-0.3, -0.25) is 0 Å². The van der Waals surface area contributed by atoms with E-state index in [1.165, 1.54) is 34.6 Å². The average Bonchev–Trinajstić information content (AvgIpc) is 3.04. The first kappa shape index (κ1) is 15.5. The summed E-state index contributed by atoms with van der Waals surface area (Å²) in [6.07, 6.45) is 3.46. The van der Waals surface area contributed by atoms with Crippen LogP contribution in [-0.2, 0) is 19.4 Å². The summed E-state index contributed by atoms with van der Waals surface area (Å²) in [7, 11) is 0. The molecule has 0 spiro atoms. The van der Waals surface area contributed by atoms with E-state index in [4.69, 9.17) is 0 Å². The third-order valence-corrected chi connectivity index (χ3v) is 5.40. The second-order valence-corrected chi connectivity index (χ2v) is 6.99. The Morgan fingerprint density at radius 2 is 1.67 bits per heavy atom. The molecule has 24 heavy (non-hydrogen) atoms. The van der Waals surface area contributed by atoms with Crippen molar-refractivity contribution < 1.29 is 14.4 Å². The summed E-state index contributed by atoms with van der Waals surface area (Å²) < 4.78 is 13.0. The quantitative estimate of drug-likeness (QED) is 0.902. The van der Waals surface area contributed by atoms with E-state index in [2.05, 4.69) is 11.0 Å². The minimum Gasteiger partial charge on any atom is -0.507 e. The van der Waals surface area contributed by atoms with Crippen molar-refractivity contribution in [3.8, 4) is 5.75 Å². The maximum atomic E-state index is 13.0. The predicted molar refractivity (Wildman–Crippen MR) is 93.1 cm³/mol. The summed E-state index contributed by atoms with van der Waals surface area (Å²) in [5.41, 5.74) is 4.93. The van der Waals surface area contributed by atoms with Gasteiger partial charge < -0.3 is 14.9 Å². The number of aryl methyl sites for hydroxylation is 2. The number of fused-ring (bicyclic) bond motifs is 1. The number of halogens is 1. The van der Waals surface area contributed by atoms with E-state index in [0.717, 1.165) is 56.8 Å². The number of rotatable bonds is 3. The highest BCUT2D eigenvalue weighted by Crippen LogP contribution is 2.28. The Balaban J connectivity index is 1.39. The molecular weight excluding hydrogens is 303 g/mol. The van der Waals surface area contributed by atoms with E-state index in [1.54, 1.807) is 0 Å². The number of hydrogen-bond acceptors (Lipinski definition) is 2. The molecule has 2 aliphatic rings. The molecule has 0 amide bonds. The Kier molecular flexibility index (Phi) is 4.15. The molecule has 0 saturated carbocycles. The number of quaternary nitrogens is 1. The minimum atomic E-state index is -0.185. The van der Waals surface area contributed by atoms with Gasteiger partial charge in [-0.2, -0.15) is 0 Å². The zero-order valence-corrected chi connectivity index (χ0v) is 13.9. The zero-order chi connectivity index (χ0) is 16.5. The van der Waals surface area contributed by atoms with Crippen LogP contribution in [0, 0.1) is 5.82 Å². The molecule has 0 aromatic heterocycles. The Labute approximate surface area is 142 Å². The van der Waals surface area contributed by atoms with Gasteiger partial charge in [0.25, 0.3) is 0 Å². The smallest absolute Gasteiger partial charge is 0.124 e. The molecule has 2 N–H and O–H groups in total. The largest absolute Gasteiger partial charge is 0.507 e. The van der Waals surface area contributed by atoms with Crippen LogP contribution in [0.3, 0.4) is 0 Å². The first-order chi connectivity index (χ1) is 11.7. The lowest BCUT2D eigenvalue weighted by molar-refractivity contribution is -0.914. The molecule has 4 heteroatoms. The van der Waals surface area contributed by atoms with Gasteiger partial charge in [0.2, 0.25) is 0 Å². The fourth-order valence-electron chi connectivity index (χ4n) is 3.98. The SMILES string of the molecule is Oc1cc2c(cc1C[NH+]1CCN(c3ccc(F)cc3)CC1)CCC2. The summed E-state index contributed by atoms with van der Waals surface area (Å²) in [6, 6.07) is 11.0. The van der Waals surface area contributed by atoms with Crippen LogP contribution in [0.4, 0.5) is 10.1 Å². The summed E-state index contributed by atoms with van der Waals surface area (Å²) in [6.45, 7) is 4.89. The maximum absolute atomic E-state index is 13.0. The van der Waals surface area contributed by atoms with Gasteiger partial charge in [-0.1, -0.05) is 0 Å². The number of phenolic OH excluding ortho intramolecular Hbond substituents is 1. The summed E-state index contributed by atoms with van der Waals surface area (Å²) >= 11 is 0. The molecule has 126 valence electrons. The molecule has 1 fully saturated rings. The monoisotopic (exact) mass is 327 g/mol. The number of piperazine rings is 1. The number of benzene rings is 2. The molecule has 2 aromatic rings. The van der Waals surface area contributed by atoms with Crippen molar-refractivity contribution >= 4 is 5.69 Å². The van der Waals surface area contributed by atoms with Gasteiger partial charge in [-0.25, -0.2) is 4.39 Å². The molecule has 0 unspecified atom stereocenters. The second-order valence-electron chi connectivity index (χ2n) is 6.99. The van der Waals surface area contributed by atoms with Crippen LogP contribution < -0.4 is 9.80 Å². The van der Waals surface area contributed by atoms with E-state index in [0.29, 0.717) is 5.75 Å². The van der Waals surface area contributed by atoms with Crippen LogP contribution >= 0.6 is 0 Å².